The van der Waals surface area contributed by atoms with Crippen LogP contribution in [0.15, 0.2) is 24.3 Å². The van der Waals surface area contributed by atoms with Crippen LogP contribution in [0.2, 0.25) is 0 Å². The van der Waals surface area contributed by atoms with Gasteiger partial charge < -0.3 is 15.1 Å². The van der Waals surface area contributed by atoms with Gasteiger partial charge in [-0.15, -0.1) is 0 Å². The first-order valence-electron chi connectivity index (χ1n) is 6.66. The van der Waals surface area contributed by atoms with E-state index in [2.05, 4.69) is 5.32 Å². The molecule has 1 aromatic carbocycles. The summed E-state index contributed by atoms with van der Waals surface area (Å²) in [6.45, 7) is 2.46. The number of urea groups is 1. The average Bonchev–Trinajstić information content (AvgIpc) is 3.00. The number of amides is 2. The van der Waals surface area contributed by atoms with Gasteiger partial charge >= 0.3 is 6.03 Å². The van der Waals surface area contributed by atoms with Gasteiger partial charge in [-0.2, -0.15) is 0 Å². The zero-order chi connectivity index (χ0) is 13.4. The van der Waals surface area contributed by atoms with Crippen molar-refractivity contribution in [3.05, 3.63) is 35.6 Å². The van der Waals surface area contributed by atoms with Crippen molar-refractivity contribution in [2.45, 2.75) is 18.5 Å². The fourth-order valence-electron chi connectivity index (χ4n) is 2.98. The summed E-state index contributed by atoms with van der Waals surface area (Å²) >= 11 is 0. The zero-order valence-corrected chi connectivity index (χ0v) is 11.0. The van der Waals surface area contributed by atoms with Crippen molar-refractivity contribution >= 4 is 6.03 Å². The number of hydrogen-bond acceptors (Lipinski definition) is 2. The number of halogens is 1. The topological polar surface area (TPSA) is 35.6 Å². The first-order valence-corrected chi connectivity index (χ1v) is 6.66. The van der Waals surface area contributed by atoms with Crippen LogP contribution in [0.25, 0.3) is 0 Å². The molecule has 0 spiro atoms. The molecule has 1 N–H and O–H groups in total. The molecule has 4 nitrogen and oxygen atoms in total. The van der Waals surface area contributed by atoms with E-state index in [-0.39, 0.29) is 23.9 Å². The Bertz CT molecular complexity index is 487. The predicted molar refractivity (Wildman–Crippen MR) is 70.3 cm³/mol. The van der Waals surface area contributed by atoms with Gasteiger partial charge in [0.2, 0.25) is 0 Å². The highest BCUT2D eigenvalue weighted by Gasteiger charge is 2.39. The summed E-state index contributed by atoms with van der Waals surface area (Å²) in [6.07, 6.45) is 0.995. The van der Waals surface area contributed by atoms with E-state index in [4.69, 9.17) is 0 Å². The van der Waals surface area contributed by atoms with Crippen LogP contribution in [-0.4, -0.2) is 48.6 Å². The van der Waals surface area contributed by atoms with Crippen molar-refractivity contribution in [2.75, 3.05) is 26.7 Å². The molecule has 0 bridgehead atoms. The second-order valence-electron chi connectivity index (χ2n) is 5.26. The Kier molecular flexibility index (Phi) is 3.14. The number of carbonyl (C=O) groups is 1. The Morgan fingerprint density at radius 2 is 2.26 bits per heavy atom. The third kappa shape index (κ3) is 2.18. The lowest BCUT2D eigenvalue weighted by molar-refractivity contribution is 0.184. The van der Waals surface area contributed by atoms with E-state index in [0.29, 0.717) is 6.54 Å². The molecule has 2 aliphatic rings. The van der Waals surface area contributed by atoms with Crippen molar-refractivity contribution < 1.29 is 9.18 Å². The highest BCUT2D eigenvalue weighted by atomic mass is 19.1. The zero-order valence-electron chi connectivity index (χ0n) is 11.0. The summed E-state index contributed by atoms with van der Waals surface area (Å²) in [5, 5.41) is 3.28. The Morgan fingerprint density at radius 3 is 2.95 bits per heavy atom. The van der Waals surface area contributed by atoms with E-state index in [1.807, 2.05) is 11.0 Å². The van der Waals surface area contributed by atoms with Crippen LogP contribution >= 0.6 is 0 Å². The average molecular weight is 263 g/mol. The van der Waals surface area contributed by atoms with Gasteiger partial charge in [0.15, 0.2) is 0 Å². The van der Waals surface area contributed by atoms with E-state index >= 15 is 0 Å². The molecule has 2 atom stereocenters. The smallest absolute Gasteiger partial charge is 0.319 e. The van der Waals surface area contributed by atoms with Crippen LogP contribution in [0.3, 0.4) is 0 Å². The number of hydrogen-bond donors (Lipinski definition) is 1. The maximum Gasteiger partial charge on any atom is 0.320 e. The first kappa shape index (κ1) is 12.4. The quantitative estimate of drug-likeness (QED) is 0.879. The third-order valence-corrected chi connectivity index (χ3v) is 4.09. The molecule has 2 fully saturated rings. The summed E-state index contributed by atoms with van der Waals surface area (Å²) in [6, 6.07) is 6.79. The lowest BCUT2D eigenvalue weighted by Gasteiger charge is -2.22. The summed E-state index contributed by atoms with van der Waals surface area (Å²) in [5.41, 5.74) is 0.865. The van der Waals surface area contributed by atoms with Gasteiger partial charge in [-0.1, -0.05) is 12.1 Å². The first-order chi connectivity index (χ1) is 9.16. The van der Waals surface area contributed by atoms with E-state index in [0.717, 1.165) is 25.1 Å². The molecule has 102 valence electrons. The highest BCUT2D eigenvalue weighted by molar-refractivity contribution is 5.77. The molecule has 5 heteroatoms. The molecule has 0 aromatic heterocycles. The summed E-state index contributed by atoms with van der Waals surface area (Å²) in [7, 11) is 1.79. The number of carbonyl (C=O) groups excluding carboxylic acids is 1. The van der Waals surface area contributed by atoms with Gasteiger partial charge in [-0.3, -0.25) is 0 Å². The predicted octanol–water partition coefficient (Wildman–Crippen LogP) is 1.60. The number of likely N-dealkylation sites (N-methyl/N-ethyl adjacent to an activating group) is 1. The Labute approximate surface area is 112 Å². The van der Waals surface area contributed by atoms with Crippen molar-refractivity contribution in [3.63, 3.8) is 0 Å². The minimum atomic E-state index is -0.251. The van der Waals surface area contributed by atoms with E-state index in [9.17, 15) is 9.18 Å². The second kappa shape index (κ2) is 4.81. The third-order valence-electron chi connectivity index (χ3n) is 4.09. The van der Waals surface area contributed by atoms with Crippen LogP contribution in [-0.2, 0) is 0 Å². The maximum absolute atomic E-state index is 13.3. The number of benzene rings is 1. The van der Waals surface area contributed by atoms with Crippen LogP contribution in [0, 0.1) is 5.82 Å². The normalized spacial score (nSPS) is 27.4. The molecule has 0 saturated carbocycles. The molecular weight excluding hydrogens is 245 g/mol. The van der Waals surface area contributed by atoms with Gasteiger partial charge in [0.25, 0.3) is 0 Å². The van der Waals surface area contributed by atoms with Gasteiger partial charge in [-0.05, 0) is 30.7 Å². The molecule has 2 saturated heterocycles. The highest BCUT2D eigenvalue weighted by Crippen LogP contribution is 2.30. The molecule has 19 heavy (non-hydrogen) atoms. The van der Waals surface area contributed by atoms with Gasteiger partial charge in [0.1, 0.15) is 5.82 Å². The van der Waals surface area contributed by atoms with Crippen molar-refractivity contribution in [1.82, 2.24) is 15.1 Å². The van der Waals surface area contributed by atoms with Crippen molar-refractivity contribution in [2.24, 2.45) is 0 Å². The molecule has 0 aliphatic carbocycles. The summed E-state index contributed by atoms with van der Waals surface area (Å²) in [4.78, 5) is 15.9. The Morgan fingerprint density at radius 1 is 1.42 bits per heavy atom. The molecule has 2 amide bonds. The fourth-order valence-corrected chi connectivity index (χ4v) is 2.98. The lowest BCUT2D eigenvalue weighted by Crippen LogP contribution is -2.39. The number of rotatable bonds is 2. The summed E-state index contributed by atoms with van der Waals surface area (Å²) < 4.78 is 13.3. The lowest BCUT2D eigenvalue weighted by atomic mass is 10.1. The molecule has 2 unspecified atom stereocenters. The standard InChI is InChI=1S/C14H18FN3O/c1-17-13(10-3-2-4-11(15)7-10)9-18(14(17)19)12-5-6-16-8-12/h2-4,7,12-13,16H,5-6,8-9H2,1H3. The Hall–Kier alpha value is -1.62. The van der Waals surface area contributed by atoms with Crippen LogP contribution in [0.5, 0.6) is 0 Å². The molecule has 0 radical (unpaired) electrons. The van der Waals surface area contributed by atoms with Crippen LogP contribution in [0.1, 0.15) is 18.0 Å². The summed E-state index contributed by atoms with van der Waals surface area (Å²) in [5.74, 6) is -0.251. The van der Waals surface area contributed by atoms with Gasteiger partial charge in [0.05, 0.1) is 6.04 Å². The van der Waals surface area contributed by atoms with E-state index in [1.165, 1.54) is 12.1 Å². The Balaban J connectivity index is 1.82. The maximum atomic E-state index is 13.3. The van der Waals surface area contributed by atoms with E-state index in [1.54, 1.807) is 18.0 Å². The molecule has 2 heterocycles. The van der Waals surface area contributed by atoms with Gasteiger partial charge in [-0.25, -0.2) is 9.18 Å². The SMILES string of the molecule is CN1C(=O)N(C2CCNC2)CC1c1cccc(F)c1. The molecule has 3 rings (SSSR count). The van der Waals surface area contributed by atoms with Gasteiger partial charge in [0, 0.05) is 26.2 Å². The molecule has 1 aromatic rings. The van der Waals surface area contributed by atoms with E-state index < -0.39 is 0 Å². The van der Waals surface area contributed by atoms with Crippen LogP contribution in [0.4, 0.5) is 9.18 Å². The molecular formula is C14H18FN3O. The molecule has 2 aliphatic heterocycles. The number of nitrogens with zero attached hydrogens (tertiary/aromatic N) is 2. The fraction of sp³-hybridized carbons (Fsp3) is 0.500. The minimum Gasteiger partial charge on any atom is -0.319 e. The largest absolute Gasteiger partial charge is 0.320 e. The van der Waals surface area contributed by atoms with Crippen molar-refractivity contribution in [1.29, 1.82) is 0 Å². The second-order valence-corrected chi connectivity index (χ2v) is 5.26. The van der Waals surface area contributed by atoms with Crippen molar-refractivity contribution in [3.8, 4) is 0 Å². The van der Waals surface area contributed by atoms with Crippen LogP contribution < -0.4 is 5.32 Å². The number of nitrogens with one attached hydrogen (secondary N) is 1. The minimum absolute atomic E-state index is 0.0444. The monoisotopic (exact) mass is 263 g/mol.